The van der Waals surface area contributed by atoms with Crippen LogP contribution in [0.4, 0.5) is 0 Å². The third-order valence-corrected chi connectivity index (χ3v) is 3.44. The highest BCUT2D eigenvalue weighted by Gasteiger charge is 2.34. The highest BCUT2D eigenvalue weighted by molar-refractivity contribution is 5.79. The van der Waals surface area contributed by atoms with Gasteiger partial charge in [0.2, 0.25) is 5.91 Å². The molecule has 2 heterocycles. The number of rotatable bonds is 3. The molecule has 0 radical (unpaired) electrons. The minimum absolute atomic E-state index is 0.114. The smallest absolute Gasteiger partial charge is 0.228 e. The Morgan fingerprint density at radius 2 is 2.33 bits per heavy atom. The maximum Gasteiger partial charge on any atom is 0.228 e. The van der Waals surface area contributed by atoms with Crippen LogP contribution in [0.2, 0.25) is 0 Å². The Morgan fingerprint density at radius 3 is 3.00 bits per heavy atom. The molecule has 0 saturated carbocycles. The molecule has 2 aliphatic rings. The zero-order valence-corrected chi connectivity index (χ0v) is 9.15. The topological polar surface area (TPSA) is 55.6 Å². The number of carbonyl (C=O) groups excluding carboxylic acids is 1. The van der Waals surface area contributed by atoms with Gasteiger partial charge in [0.1, 0.15) is 0 Å². The summed E-state index contributed by atoms with van der Waals surface area (Å²) in [6.45, 7) is 2.95. The van der Waals surface area contributed by atoms with E-state index in [9.17, 15) is 4.79 Å². The Labute approximate surface area is 90.8 Å². The van der Waals surface area contributed by atoms with Gasteiger partial charge in [-0.3, -0.25) is 4.79 Å². The second-order valence-electron chi connectivity index (χ2n) is 4.47. The van der Waals surface area contributed by atoms with E-state index < -0.39 is 0 Å². The summed E-state index contributed by atoms with van der Waals surface area (Å²) >= 11 is 0. The summed E-state index contributed by atoms with van der Waals surface area (Å²) < 4.78 is 5.26. The third-order valence-electron chi connectivity index (χ3n) is 3.44. The molecule has 2 unspecified atom stereocenters. The lowest BCUT2D eigenvalue weighted by atomic mass is 10.1. The van der Waals surface area contributed by atoms with Crippen molar-refractivity contribution in [3.63, 3.8) is 0 Å². The van der Waals surface area contributed by atoms with Crippen LogP contribution >= 0.6 is 0 Å². The van der Waals surface area contributed by atoms with Crippen molar-refractivity contribution in [2.75, 3.05) is 26.3 Å². The van der Waals surface area contributed by atoms with Crippen molar-refractivity contribution in [1.29, 1.82) is 0 Å². The van der Waals surface area contributed by atoms with Gasteiger partial charge in [-0.15, -0.1) is 0 Å². The van der Waals surface area contributed by atoms with Crippen molar-refractivity contribution >= 4 is 5.91 Å². The van der Waals surface area contributed by atoms with Crippen LogP contribution in [0, 0.1) is 5.92 Å². The number of likely N-dealkylation sites (tertiary alicyclic amines) is 1. The summed E-state index contributed by atoms with van der Waals surface area (Å²) in [5.74, 6) is 0.409. The number of ether oxygens (including phenoxy) is 1. The molecule has 2 atom stereocenters. The third kappa shape index (κ3) is 2.32. The second-order valence-corrected chi connectivity index (χ2v) is 4.47. The monoisotopic (exact) mass is 212 g/mol. The van der Waals surface area contributed by atoms with Crippen LogP contribution in [0.3, 0.4) is 0 Å². The van der Waals surface area contributed by atoms with E-state index in [1.807, 2.05) is 4.90 Å². The molecule has 86 valence electrons. The predicted molar refractivity (Wildman–Crippen MR) is 57.3 cm³/mol. The SMILES string of the molecule is NCCC1CCCN1C(=O)C1CCOC1. The lowest BCUT2D eigenvalue weighted by Gasteiger charge is -2.26. The number of amides is 1. The number of nitrogens with two attached hydrogens (primary N) is 1. The average Bonchev–Trinajstić information content (AvgIpc) is 2.87. The molecule has 2 fully saturated rings. The van der Waals surface area contributed by atoms with Crippen LogP contribution in [0.1, 0.15) is 25.7 Å². The largest absolute Gasteiger partial charge is 0.381 e. The molecule has 0 aliphatic carbocycles. The molecule has 2 saturated heterocycles. The first-order valence-electron chi connectivity index (χ1n) is 5.91. The summed E-state index contributed by atoms with van der Waals surface area (Å²) in [6, 6.07) is 0.392. The summed E-state index contributed by atoms with van der Waals surface area (Å²) in [5.41, 5.74) is 5.56. The fraction of sp³-hybridized carbons (Fsp3) is 0.909. The highest BCUT2D eigenvalue weighted by atomic mass is 16.5. The molecule has 0 bridgehead atoms. The molecule has 4 heteroatoms. The first-order valence-corrected chi connectivity index (χ1v) is 5.91. The molecule has 2 rings (SSSR count). The lowest BCUT2D eigenvalue weighted by molar-refractivity contribution is -0.136. The van der Waals surface area contributed by atoms with Gasteiger partial charge in [0.25, 0.3) is 0 Å². The number of hydrogen-bond donors (Lipinski definition) is 1. The van der Waals surface area contributed by atoms with Gasteiger partial charge >= 0.3 is 0 Å². The maximum absolute atomic E-state index is 12.1. The van der Waals surface area contributed by atoms with Crippen LogP contribution in [0.15, 0.2) is 0 Å². The minimum atomic E-state index is 0.114. The first-order chi connectivity index (χ1) is 7.33. The predicted octanol–water partition coefficient (Wildman–Crippen LogP) is 0.363. The zero-order valence-electron chi connectivity index (χ0n) is 9.15. The van der Waals surface area contributed by atoms with Crippen LogP contribution in [-0.2, 0) is 9.53 Å². The standard InChI is InChI=1S/C11H20N2O2/c12-5-3-10-2-1-6-13(10)11(14)9-4-7-15-8-9/h9-10H,1-8,12H2. The van der Waals surface area contributed by atoms with E-state index >= 15 is 0 Å². The Hall–Kier alpha value is -0.610. The number of hydrogen-bond acceptors (Lipinski definition) is 3. The van der Waals surface area contributed by atoms with Gasteiger partial charge in [-0.2, -0.15) is 0 Å². The van der Waals surface area contributed by atoms with Gasteiger partial charge in [0, 0.05) is 19.2 Å². The van der Waals surface area contributed by atoms with E-state index in [0.29, 0.717) is 25.1 Å². The van der Waals surface area contributed by atoms with Crippen molar-refractivity contribution in [2.24, 2.45) is 11.7 Å². The van der Waals surface area contributed by atoms with Crippen LogP contribution in [-0.4, -0.2) is 43.2 Å². The second kappa shape index (κ2) is 4.94. The summed E-state index contributed by atoms with van der Waals surface area (Å²) in [4.78, 5) is 14.2. The Kier molecular flexibility index (Phi) is 3.59. The molecule has 2 N–H and O–H groups in total. The molecule has 1 amide bonds. The molecular weight excluding hydrogens is 192 g/mol. The molecule has 4 nitrogen and oxygen atoms in total. The van der Waals surface area contributed by atoms with Gasteiger partial charge in [-0.05, 0) is 32.2 Å². The summed E-state index contributed by atoms with van der Waals surface area (Å²) in [7, 11) is 0. The quantitative estimate of drug-likeness (QED) is 0.735. The van der Waals surface area contributed by atoms with Crippen molar-refractivity contribution in [1.82, 2.24) is 4.90 Å². The van der Waals surface area contributed by atoms with Crippen LogP contribution in [0.25, 0.3) is 0 Å². The Bertz CT molecular complexity index is 227. The lowest BCUT2D eigenvalue weighted by Crippen LogP contribution is -2.40. The van der Waals surface area contributed by atoms with Gasteiger partial charge in [0.15, 0.2) is 0 Å². The van der Waals surface area contributed by atoms with Crippen molar-refractivity contribution < 1.29 is 9.53 Å². The maximum atomic E-state index is 12.1. The molecule has 0 spiro atoms. The van der Waals surface area contributed by atoms with E-state index in [-0.39, 0.29) is 5.92 Å². The fourth-order valence-corrected chi connectivity index (χ4v) is 2.58. The average molecular weight is 212 g/mol. The van der Waals surface area contributed by atoms with Crippen LogP contribution < -0.4 is 5.73 Å². The molecule has 0 aromatic heterocycles. The normalized spacial score (nSPS) is 31.1. The summed E-state index contributed by atoms with van der Waals surface area (Å²) in [6.07, 6.45) is 4.09. The Morgan fingerprint density at radius 1 is 1.47 bits per heavy atom. The molecule has 2 aliphatic heterocycles. The fourth-order valence-electron chi connectivity index (χ4n) is 2.58. The van der Waals surface area contributed by atoms with Gasteiger partial charge in [0.05, 0.1) is 12.5 Å². The van der Waals surface area contributed by atoms with Crippen LogP contribution in [0.5, 0.6) is 0 Å². The van der Waals surface area contributed by atoms with E-state index in [1.165, 1.54) is 0 Å². The van der Waals surface area contributed by atoms with Crippen molar-refractivity contribution in [3.05, 3.63) is 0 Å². The molecule has 0 aromatic carbocycles. The van der Waals surface area contributed by atoms with Crippen molar-refractivity contribution in [3.8, 4) is 0 Å². The van der Waals surface area contributed by atoms with Crippen molar-refractivity contribution in [2.45, 2.75) is 31.7 Å². The number of carbonyl (C=O) groups is 1. The molecular formula is C11H20N2O2. The van der Waals surface area contributed by atoms with E-state index in [2.05, 4.69) is 0 Å². The molecule has 0 aromatic rings. The number of nitrogens with zero attached hydrogens (tertiary/aromatic N) is 1. The Balaban J connectivity index is 1.92. The molecule has 15 heavy (non-hydrogen) atoms. The van der Waals surface area contributed by atoms with Gasteiger partial charge in [-0.25, -0.2) is 0 Å². The van der Waals surface area contributed by atoms with Gasteiger partial charge in [-0.1, -0.05) is 0 Å². The zero-order chi connectivity index (χ0) is 10.7. The van der Waals surface area contributed by atoms with Gasteiger partial charge < -0.3 is 15.4 Å². The van der Waals surface area contributed by atoms with E-state index in [4.69, 9.17) is 10.5 Å². The highest BCUT2D eigenvalue weighted by Crippen LogP contribution is 2.24. The minimum Gasteiger partial charge on any atom is -0.381 e. The van der Waals surface area contributed by atoms with E-state index in [0.717, 1.165) is 38.8 Å². The van der Waals surface area contributed by atoms with E-state index in [1.54, 1.807) is 0 Å². The first kappa shape index (κ1) is 10.9. The summed E-state index contributed by atoms with van der Waals surface area (Å²) in [5, 5.41) is 0.